The Morgan fingerprint density at radius 2 is 1.85 bits per heavy atom. The summed E-state index contributed by atoms with van der Waals surface area (Å²) in [4.78, 5) is 16.4. The SMILES string of the molecule is O=C(C#Cc1ccccc1)c1nc2ccccn2c1Br. The van der Waals surface area contributed by atoms with Crippen molar-refractivity contribution in [1.29, 1.82) is 0 Å². The molecule has 96 valence electrons. The topological polar surface area (TPSA) is 34.4 Å². The highest BCUT2D eigenvalue weighted by molar-refractivity contribution is 9.10. The fraction of sp³-hybridized carbons (Fsp3) is 0. The smallest absolute Gasteiger partial charge is 0.257 e. The van der Waals surface area contributed by atoms with Gasteiger partial charge in [0.1, 0.15) is 10.3 Å². The minimum Gasteiger partial charge on any atom is -0.294 e. The molecule has 0 aliphatic heterocycles. The average molecular weight is 325 g/mol. The first-order valence-corrected chi connectivity index (χ1v) is 6.79. The van der Waals surface area contributed by atoms with Crippen LogP contribution in [-0.4, -0.2) is 15.2 Å². The normalized spacial score (nSPS) is 10.1. The molecule has 0 unspecified atom stereocenters. The van der Waals surface area contributed by atoms with Crippen molar-refractivity contribution in [2.75, 3.05) is 0 Å². The Hall–Kier alpha value is -2.38. The van der Waals surface area contributed by atoms with Gasteiger partial charge in [0.2, 0.25) is 0 Å². The number of aromatic nitrogens is 2. The molecule has 2 heterocycles. The molecule has 0 saturated carbocycles. The maximum atomic E-state index is 12.1. The minimum atomic E-state index is -0.301. The molecule has 4 heteroatoms. The zero-order valence-corrected chi connectivity index (χ0v) is 12.0. The van der Waals surface area contributed by atoms with Crippen LogP contribution in [0.25, 0.3) is 5.65 Å². The molecule has 2 aromatic heterocycles. The third kappa shape index (κ3) is 2.36. The van der Waals surface area contributed by atoms with Crippen molar-refractivity contribution >= 4 is 27.4 Å². The van der Waals surface area contributed by atoms with Crippen molar-refractivity contribution < 1.29 is 4.79 Å². The number of rotatable bonds is 1. The highest BCUT2D eigenvalue weighted by atomic mass is 79.9. The van der Waals surface area contributed by atoms with Gasteiger partial charge in [0, 0.05) is 11.8 Å². The van der Waals surface area contributed by atoms with Crippen LogP contribution in [0.15, 0.2) is 59.3 Å². The molecular formula is C16H9BrN2O. The second-order valence-corrected chi connectivity index (χ2v) is 4.88. The number of carbonyl (C=O) groups excluding carboxylic acids is 1. The molecule has 1 aromatic carbocycles. The number of hydrogen-bond donors (Lipinski definition) is 0. The predicted molar refractivity (Wildman–Crippen MR) is 80.5 cm³/mol. The summed E-state index contributed by atoms with van der Waals surface area (Å²) in [5.74, 6) is 5.17. The molecule has 0 aliphatic carbocycles. The number of pyridine rings is 1. The van der Waals surface area contributed by atoms with Crippen LogP contribution in [0.2, 0.25) is 0 Å². The molecule has 0 aliphatic rings. The lowest BCUT2D eigenvalue weighted by atomic mass is 10.2. The van der Waals surface area contributed by atoms with E-state index in [0.717, 1.165) is 5.56 Å². The zero-order chi connectivity index (χ0) is 13.9. The van der Waals surface area contributed by atoms with E-state index >= 15 is 0 Å². The van der Waals surface area contributed by atoms with E-state index < -0.39 is 0 Å². The number of hydrogen-bond acceptors (Lipinski definition) is 2. The van der Waals surface area contributed by atoms with E-state index in [4.69, 9.17) is 0 Å². The number of Topliss-reactive ketones (excluding diaryl/α,β-unsaturated/α-hetero) is 1. The van der Waals surface area contributed by atoms with Gasteiger partial charge in [-0.1, -0.05) is 30.2 Å². The summed E-state index contributed by atoms with van der Waals surface area (Å²) in [5.41, 5.74) is 1.85. The van der Waals surface area contributed by atoms with Gasteiger partial charge in [0.25, 0.3) is 5.78 Å². The molecular weight excluding hydrogens is 316 g/mol. The maximum absolute atomic E-state index is 12.1. The van der Waals surface area contributed by atoms with Crippen LogP contribution in [0.3, 0.4) is 0 Å². The molecule has 3 aromatic rings. The van der Waals surface area contributed by atoms with Crippen molar-refractivity contribution in [2.45, 2.75) is 0 Å². The molecule has 20 heavy (non-hydrogen) atoms. The Morgan fingerprint density at radius 1 is 1.10 bits per heavy atom. The summed E-state index contributed by atoms with van der Waals surface area (Å²) in [7, 11) is 0. The second kappa shape index (κ2) is 5.32. The Balaban J connectivity index is 1.98. The van der Waals surface area contributed by atoms with Gasteiger partial charge in [0.15, 0.2) is 5.69 Å². The van der Waals surface area contributed by atoms with E-state index in [9.17, 15) is 4.79 Å². The molecule has 0 saturated heterocycles. The largest absolute Gasteiger partial charge is 0.294 e. The highest BCUT2D eigenvalue weighted by Crippen LogP contribution is 2.18. The van der Waals surface area contributed by atoms with Crippen LogP contribution in [-0.2, 0) is 0 Å². The van der Waals surface area contributed by atoms with Gasteiger partial charge in [-0.05, 0) is 46.1 Å². The number of halogens is 1. The summed E-state index contributed by atoms with van der Waals surface area (Å²) >= 11 is 3.39. The number of fused-ring (bicyclic) bond motifs is 1. The third-order valence-electron chi connectivity index (χ3n) is 2.78. The standard InChI is InChI=1S/C16H9BrN2O/c17-16-15(18-14-8-4-5-11-19(14)16)13(20)10-9-12-6-2-1-3-7-12/h1-8,11H. The fourth-order valence-corrected chi connectivity index (χ4v) is 2.39. The summed E-state index contributed by atoms with van der Waals surface area (Å²) in [6.45, 7) is 0. The Morgan fingerprint density at radius 3 is 2.60 bits per heavy atom. The van der Waals surface area contributed by atoms with E-state index in [0.29, 0.717) is 15.9 Å². The molecule has 0 fully saturated rings. The molecule has 0 atom stereocenters. The Bertz CT molecular complexity index is 841. The zero-order valence-electron chi connectivity index (χ0n) is 10.4. The summed E-state index contributed by atoms with van der Waals surface area (Å²) in [6.07, 6.45) is 1.84. The second-order valence-electron chi connectivity index (χ2n) is 4.13. The van der Waals surface area contributed by atoms with E-state index in [2.05, 4.69) is 32.8 Å². The van der Waals surface area contributed by atoms with Crippen LogP contribution >= 0.6 is 15.9 Å². The quantitative estimate of drug-likeness (QED) is 0.508. The molecule has 0 spiro atoms. The first-order valence-electron chi connectivity index (χ1n) is 6.00. The molecule has 0 N–H and O–H groups in total. The minimum absolute atomic E-state index is 0.301. The summed E-state index contributed by atoms with van der Waals surface area (Å²) < 4.78 is 2.43. The van der Waals surface area contributed by atoms with Crippen LogP contribution in [0.1, 0.15) is 16.1 Å². The van der Waals surface area contributed by atoms with Crippen molar-refractivity contribution in [3.63, 3.8) is 0 Å². The van der Waals surface area contributed by atoms with E-state index in [-0.39, 0.29) is 5.78 Å². The van der Waals surface area contributed by atoms with Crippen molar-refractivity contribution in [3.05, 3.63) is 70.6 Å². The van der Waals surface area contributed by atoms with Gasteiger partial charge in [-0.3, -0.25) is 9.20 Å². The molecule has 3 rings (SSSR count). The number of ketones is 1. The van der Waals surface area contributed by atoms with Gasteiger partial charge in [-0.15, -0.1) is 0 Å². The van der Waals surface area contributed by atoms with Crippen molar-refractivity contribution in [2.24, 2.45) is 0 Å². The van der Waals surface area contributed by atoms with Gasteiger partial charge in [-0.2, -0.15) is 0 Å². The lowest BCUT2D eigenvalue weighted by Crippen LogP contribution is -1.96. The highest BCUT2D eigenvalue weighted by Gasteiger charge is 2.14. The first kappa shape index (κ1) is 12.6. The van der Waals surface area contributed by atoms with Crippen molar-refractivity contribution in [3.8, 4) is 11.8 Å². The Kier molecular flexibility index (Phi) is 3.36. The predicted octanol–water partition coefficient (Wildman–Crippen LogP) is 3.33. The Labute approximate surface area is 124 Å². The summed E-state index contributed by atoms with van der Waals surface area (Å²) in [6, 6.07) is 15.0. The van der Waals surface area contributed by atoms with Crippen LogP contribution in [0, 0.1) is 11.8 Å². The third-order valence-corrected chi connectivity index (χ3v) is 3.54. The summed E-state index contributed by atoms with van der Waals surface area (Å²) in [5, 5.41) is 0. The van der Waals surface area contributed by atoms with Crippen molar-refractivity contribution in [1.82, 2.24) is 9.38 Å². The monoisotopic (exact) mass is 324 g/mol. The van der Waals surface area contributed by atoms with Gasteiger partial charge in [-0.25, -0.2) is 4.98 Å². The number of nitrogens with zero attached hydrogens (tertiary/aromatic N) is 2. The van der Waals surface area contributed by atoms with Gasteiger partial charge in [0.05, 0.1) is 0 Å². The number of carbonyl (C=O) groups is 1. The molecule has 3 nitrogen and oxygen atoms in total. The van der Waals surface area contributed by atoms with E-state index in [1.54, 1.807) is 4.40 Å². The van der Waals surface area contributed by atoms with E-state index in [1.807, 2.05) is 54.7 Å². The van der Waals surface area contributed by atoms with Crippen LogP contribution in [0.4, 0.5) is 0 Å². The van der Waals surface area contributed by atoms with Crippen LogP contribution < -0.4 is 0 Å². The average Bonchev–Trinajstić information content (AvgIpc) is 2.84. The first-order chi connectivity index (χ1) is 9.75. The lowest BCUT2D eigenvalue weighted by molar-refractivity contribution is 0.105. The van der Waals surface area contributed by atoms with Gasteiger partial charge < -0.3 is 0 Å². The molecule has 0 amide bonds. The fourth-order valence-electron chi connectivity index (χ4n) is 1.82. The van der Waals surface area contributed by atoms with Gasteiger partial charge >= 0.3 is 0 Å². The molecule has 0 radical (unpaired) electrons. The van der Waals surface area contributed by atoms with E-state index in [1.165, 1.54) is 0 Å². The number of imidazole rings is 1. The number of benzene rings is 1. The lowest BCUT2D eigenvalue weighted by Gasteiger charge is -1.92. The van der Waals surface area contributed by atoms with Crippen LogP contribution in [0.5, 0.6) is 0 Å². The maximum Gasteiger partial charge on any atom is 0.257 e. The molecule has 0 bridgehead atoms.